The Morgan fingerprint density at radius 1 is 1.41 bits per heavy atom. The van der Waals surface area contributed by atoms with Crippen LogP contribution in [0.1, 0.15) is 12.1 Å². The van der Waals surface area contributed by atoms with Gasteiger partial charge in [0.25, 0.3) is 5.91 Å². The summed E-state index contributed by atoms with van der Waals surface area (Å²) in [6, 6.07) is 7.76. The van der Waals surface area contributed by atoms with Crippen LogP contribution < -0.4 is 5.32 Å². The fraction of sp³-hybridized carbons (Fsp3) is 0.333. The van der Waals surface area contributed by atoms with Crippen molar-refractivity contribution in [1.82, 2.24) is 15.1 Å². The molecule has 2 aromatic rings. The van der Waals surface area contributed by atoms with Crippen molar-refractivity contribution in [2.75, 3.05) is 11.5 Å². The van der Waals surface area contributed by atoms with Gasteiger partial charge in [0.1, 0.15) is 5.82 Å². The van der Waals surface area contributed by atoms with Gasteiger partial charge in [0.05, 0.1) is 17.9 Å². The number of hydrogen-bond donors (Lipinski definition) is 2. The van der Waals surface area contributed by atoms with Gasteiger partial charge in [-0.15, -0.1) is 0 Å². The van der Waals surface area contributed by atoms with Crippen LogP contribution >= 0.6 is 11.8 Å². The number of thioether (sulfide) groups is 1. The van der Waals surface area contributed by atoms with Gasteiger partial charge in [0.15, 0.2) is 5.60 Å². The number of benzene rings is 1. The van der Waals surface area contributed by atoms with Gasteiger partial charge in [-0.2, -0.15) is 16.9 Å². The van der Waals surface area contributed by atoms with E-state index in [0.717, 1.165) is 11.4 Å². The second-order valence-electron chi connectivity index (χ2n) is 5.24. The topological polar surface area (TPSA) is 67.2 Å². The van der Waals surface area contributed by atoms with E-state index in [-0.39, 0.29) is 18.3 Å². The largest absolute Gasteiger partial charge is 0.379 e. The Kier molecular flexibility index (Phi) is 4.17. The predicted octanol–water partition coefficient (Wildman–Crippen LogP) is 1.50. The quantitative estimate of drug-likeness (QED) is 0.895. The van der Waals surface area contributed by atoms with E-state index in [4.69, 9.17) is 0 Å². The summed E-state index contributed by atoms with van der Waals surface area (Å²) in [5, 5.41) is 17.2. The van der Waals surface area contributed by atoms with Gasteiger partial charge in [-0.1, -0.05) is 0 Å². The molecule has 1 atom stereocenters. The second-order valence-corrected chi connectivity index (χ2v) is 6.35. The molecule has 1 fully saturated rings. The molecule has 2 heterocycles. The molecule has 1 aliphatic rings. The van der Waals surface area contributed by atoms with Crippen LogP contribution in [0.25, 0.3) is 5.69 Å². The maximum absolute atomic E-state index is 12.9. The number of hydrogen-bond acceptors (Lipinski definition) is 4. The number of aromatic nitrogens is 2. The van der Waals surface area contributed by atoms with Crippen molar-refractivity contribution in [3.63, 3.8) is 0 Å². The molecule has 0 bridgehead atoms. The molecule has 7 heteroatoms. The van der Waals surface area contributed by atoms with Crippen LogP contribution in [-0.4, -0.2) is 37.9 Å². The highest BCUT2D eigenvalue weighted by atomic mass is 32.2. The van der Waals surface area contributed by atoms with E-state index in [1.54, 1.807) is 40.8 Å². The zero-order valence-corrected chi connectivity index (χ0v) is 12.6. The van der Waals surface area contributed by atoms with Crippen molar-refractivity contribution in [1.29, 1.82) is 0 Å². The van der Waals surface area contributed by atoms with Gasteiger partial charge in [-0.25, -0.2) is 9.07 Å². The van der Waals surface area contributed by atoms with Crippen LogP contribution in [0.2, 0.25) is 0 Å². The van der Waals surface area contributed by atoms with E-state index >= 15 is 0 Å². The lowest BCUT2D eigenvalue weighted by Gasteiger charge is -2.19. The average Bonchev–Trinajstić information content (AvgIpc) is 3.15. The van der Waals surface area contributed by atoms with Crippen LogP contribution in [0.15, 0.2) is 36.5 Å². The van der Waals surface area contributed by atoms with Crippen LogP contribution in [0, 0.1) is 5.82 Å². The third-order valence-corrected chi connectivity index (χ3v) is 4.76. The minimum absolute atomic E-state index is 0.250. The number of nitrogens with one attached hydrogen (secondary N) is 1. The lowest BCUT2D eigenvalue weighted by atomic mass is 10.0. The molecule has 1 amide bonds. The molecule has 2 N–H and O–H groups in total. The summed E-state index contributed by atoms with van der Waals surface area (Å²) < 4.78 is 14.5. The smallest absolute Gasteiger partial charge is 0.253 e. The van der Waals surface area contributed by atoms with E-state index in [1.807, 2.05) is 0 Å². The minimum Gasteiger partial charge on any atom is -0.379 e. The first-order chi connectivity index (χ1) is 10.6. The Balaban J connectivity index is 1.62. The van der Waals surface area contributed by atoms with Gasteiger partial charge in [-0.05, 0) is 42.5 Å². The minimum atomic E-state index is -1.26. The standard InChI is InChI=1S/C15H16FN3O2S/c16-11-1-3-13(4-2-11)19-7-5-12(18-19)9-17-14(20)15(21)6-8-22-10-15/h1-5,7,21H,6,8-10H2,(H,17,20). The molecule has 0 saturated carbocycles. The molecular formula is C15H16FN3O2S. The van der Waals surface area contributed by atoms with Crippen molar-refractivity contribution in [2.24, 2.45) is 0 Å². The summed E-state index contributed by atoms with van der Waals surface area (Å²) >= 11 is 1.57. The van der Waals surface area contributed by atoms with Crippen LogP contribution in [-0.2, 0) is 11.3 Å². The van der Waals surface area contributed by atoms with Crippen LogP contribution in [0.4, 0.5) is 4.39 Å². The number of carbonyl (C=O) groups excluding carboxylic acids is 1. The number of nitrogens with zero attached hydrogens (tertiary/aromatic N) is 2. The first kappa shape index (κ1) is 15.1. The third kappa shape index (κ3) is 3.15. The highest BCUT2D eigenvalue weighted by molar-refractivity contribution is 7.99. The van der Waals surface area contributed by atoms with E-state index in [9.17, 15) is 14.3 Å². The molecule has 0 radical (unpaired) electrons. The highest BCUT2D eigenvalue weighted by Crippen LogP contribution is 2.27. The molecule has 1 aromatic heterocycles. The SMILES string of the molecule is O=C(NCc1ccn(-c2ccc(F)cc2)n1)C1(O)CCSC1. The molecule has 0 aliphatic carbocycles. The van der Waals surface area contributed by atoms with E-state index in [0.29, 0.717) is 17.9 Å². The fourth-order valence-electron chi connectivity index (χ4n) is 2.26. The first-order valence-electron chi connectivity index (χ1n) is 6.96. The lowest BCUT2D eigenvalue weighted by molar-refractivity contribution is -0.137. The van der Waals surface area contributed by atoms with Gasteiger partial charge in [0, 0.05) is 11.9 Å². The zero-order valence-electron chi connectivity index (χ0n) is 11.8. The second kappa shape index (κ2) is 6.10. The summed E-state index contributed by atoms with van der Waals surface area (Å²) in [5.41, 5.74) is 0.154. The van der Waals surface area contributed by atoms with Gasteiger partial charge >= 0.3 is 0 Å². The van der Waals surface area contributed by atoms with Crippen molar-refractivity contribution in [2.45, 2.75) is 18.6 Å². The Bertz CT molecular complexity index is 666. The Labute approximate surface area is 131 Å². The maximum Gasteiger partial charge on any atom is 0.253 e. The molecule has 5 nitrogen and oxygen atoms in total. The molecule has 116 valence electrons. The molecule has 0 spiro atoms. The van der Waals surface area contributed by atoms with Crippen LogP contribution in [0.5, 0.6) is 0 Å². The number of aliphatic hydroxyl groups is 1. The summed E-state index contributed by atoms with van der Waals surface area (Å²) in [6.45, 7) is 0.250. The first-order valence-corrected chi connectivity index (χ1v) is 8.11. The number of rotatable bonds is 4. The van der Waals surface area contributed by atoms with Crippen molar-refractivity contribution in [3.8, 4) is 5.69 Å². The van der Waals surface area contributed by atoms with Gasteiger partial charge in [-0.3, -0.25) is 4.79 Å². The summed E-state index contributed by atoms with van der Waals surface area (Å²) in [4.78, 5) is 12.0. The average molecular weight is 321 g/mol. The van der Waals surface area contributed by atoms with Crippen molar-refractivity contribution in [3.05, 3.63) is 48.0 Å². The predicted molar refractivity (Wildman–Crippen MR) is 82.3 cm³/mol. The normalized spacial score (nSPS) is 21.0. The lowest BCUT2D eigenvalue weighted by Crippen LogP contribution is -2.46. The van der Waals surface area contributed by atoms with E-state index < -0.39 is 5.60 Å². The van der Waals surface area contributed by atoms with E-state index in [1.165, 1.54) is 12.1 Å². The molecule has 1 unspecified atom stereocenters. The molecule has 22 heavy (non-hydrogen) atoms. The van der Waals surface area contributed by atoms with Gasteiger partial charge in [0.2, 0.25) is 0 Å². The number of carbonyl (C=O) groups is 1. The summed E-state index contributed by atoms with van der Waals surface area (Å²) in [6.07, 6.45) is 2.22. The molecule has 1 saturated heterocycles. The Hall–Kier alpha value is -1.86. The number of halogens is 1. The molecule has 1 aromatic carbocycles. The molecule has 1 aliphatic heterocycles. The van der Waals surface area contributed by atoms with Gasteiger partial charge < -0.3 is 10.4 Å². The molecule has 3 rings (SSSR count). The zero-order chi connectivity index (χ0) is 15.6. The Morgan fingerprint density at radius 3 is 2.86 bits per heavy atom. The van der Waals surface area contributed by atoms with Crippen LogP contribution in [0.3, 0.4) is 0 Å². The van der Waals surface area contributed by atoms with E-state index in [2.05, 4.69) is 10.4 Å². The Morgan fingerprint density at radius 2 is 2.18 bits per heavy atom. The monoisotopic (exact) mass is 321 g/mol. The van der Waals surface area contributed by atoms with Crippen molar-refractivity contribution >= 4 is 17.7 Å². The maximum atomic E-state index is 12.9. The third-order valence-electron chi connectivity index (χ3n) is 3.59. The van der Waals surface area contributed by atoms with Crippen molar-refractivity contribution < 1.29 is 14.3 Å². The summed E-state index contributed by atoms with van der Waals surface area (Å²) in [7, 11) is 0. The summed E-state index contributed by atoms with van der Waals surface area (Å²) in [5.74, 6) is 0.575. The highest BCUT2D eigenvalue weighted by Gasteiger charge is 2.39. The number of amides is 1. The molecular weight excluding hydrogens is 305 g/mol. The fourth-order valence-corrected chi connectivity index (χ4v) is 3.50.